The van der Waals surface area contributed by atoms with Crippen LogP contribution in [0.1, 0.15) is 47.9 Å². The highest BCUT2D eigenvalue weighted by molar-refractivity contribution is 6.22. The van der Waals surface area contributed by atoms with Crippen molar-refractivity contribution in [2.45, 2.75) is 44.4 Å². The zero-order chi connectivity index (χ0) is 36.1. The summed E-state index contributed by atoms with van der Waals surface area (Å²) >= 11 is 0. The van der Waals surface area contributed by atoms with Crippen LogP contribution in [0.25, 0.3) is 0 Å². The molecule has 3 fully saturated rings. The van der Waals surface area contributed by atoms with Gasteiger partial charge in [0.15, 0.2) is 0 Å². The predicted octanol–water partition coefficient (Wildman–Crippen LogP) is 6.12. The fourth-order valence-corrected chi connectivity index (χ4v) is 9.18. The Morgan fingerprint density at radius 2 is 1.54 bits per heavy atom. The molecule has 8 rings (SSSR count). The number of amides is 4. The molecule has 2 aliphatic heterocycles. The van der Waals surface area contributed by atoms with E-state index in [1.807, 2.05) is 110 Å². The quantitative estimate of drug-likeness (QED) is 0.160. The monoisotopic (exact) mass is 695 g/mol. The van der Waals surface area contributed by atoms with E-state index in [0.29, 0.717) is 29.1 Å². The average molecular weight is 696 g/mol. The second-order valence-corrected chi connectivity index (χ2v) is 14.3. The van der Waals surface area contributed by atoms with Crippen molar-refractivity contribution in [2.75, 3.05) is 23.5 Å². The maximum absolute atomic E-state index is 15.3. The van der Waals surface area contributed by atoms with Crippen molar-refractivity contribution >= 4 is 35.0 Å². The van der Waals surface area contributed by atoms with Gasteiger partial charge < -0.3 is 9.84 Å². The normalized spacial score (nSPS) is 26.5. The van der Waals surface area contributed by atoms with Gasteiger partial charge in [-0.2, -0.15) is 5.01 Å². The van der Waals surface area contributed by atoms with E-state index in [1.54, 1.807) is 0 Å². The first-order valence-corrected chi connectivity index (χ1v) is 18.1. The number of hydrogen-bond acceptors (Lipinski definition) is 7. The number of carbonyl (C=O) groups is 4. The molecule has 6 atom stereocenters. The highest BCUT2D eigenvalue weighted by Crippen LogP contribution is 2.64. The van der Waals surface area contributed by atoms with Gasteiger partial charge in [-0.1, -0.05) is 90.9 Å². The lowest BCUT2D eigenvalue weighted by molar-refractivity contribution is -0.138. The van der Waals surface area contributed by atoms with Crippen LogP contribution in [0, 0.1) is 30.6 Å². The van der Waals surface area contributed by atoms with Crippen molar-refractivity contribution in [3.05, 3.63) is 137 Å². The third-order valence-electron chi connectivity index (χ3n) is 11.6. The molecule has 1 saturated carbocycles. The third-order valence-corrected chi connectivity index (χ3v) is 11.6. The van der Waals surface area contributed by atoms with Crippen molar-refractivity contribution in [3.63, 3.8) is 0 Å². The minimum absolute atomic E-state index is 0.132. The van der Waals surface area contributed by atoms with Crippen LogP contribution in [0.4, 0.5) is 11.4 Å². The zero-order valence-electron chi connectivity index (χ0n) is 29.2. The Morgan fingerprint density at radius 1 is 0.827 bits per heavy atom. The number of carbonyl (C=O) groups excluding carboxylic acids is 4. The van der Waals surface area contributed by atoms with Crippen LogP contribution >= 0.6 is 0 Å². The van der Waals surface area contributed by atoms with Crippen molar-refractivity contribution in [1.82, 2.24) is 5.01 Å². The fraction of sp³-hybridized carbons (Fsp3) is 0.302. The molecule has 264 valence electrons. The summed E-state index contributed by atoms with van der Waals surface area (Å²) in [5, 5.41) is 10.5. The largest absolute Gasteiger partial charge is 0.491 e. The molecule has 2 saturated heterocycles. The minimum atomic E-state index is -1.35. The van der Waals surface area contributed by atoms with E-state index < -0.39 is 35.0 Å². The number of aliphatic hydroxyl groups excluding tert-OH is 1. The molecule has 2 aliphatic carbocycles. The van der Waals surface area contributed by atoms with E-state index >= 15 is 4.79 Å². The van der Waals surface area contributed by atoms with Gasteiger partial charge in [-0.25, -0.2) is 0 Å². The van der Waals surface area contributed by atoms with Crippen molar-refractivity contribution in [2.24, 2.45) is 23.7 Å². The molecule has 0 spiro atoms. The SMILES string of the molecule is CCc1ccc(N2C(=O)C3CC=C4C(CC5C(=O)N(Nc6ccc(C)cc6)C(=O)C5(c5ccccc5)C4c4ccc(OCCO)cc4)C3C2=O)cc1. The zero-order valence-corrected chi connectivity index (χ0v) is 29.2. The van der Waals surface area contributed by atoms with Gasteiger partial charge in [0.2, 0.25) is 11.8 Å². The number of anilines is 2. The Labute approximate surface area is 302 Å². The highest BCUT2D eigenvalue weighted by Gasteiger charge is 2.70. The van der Waals surface area contributed by atoms with Crippen LogP contribution in [0.15, 0.2) is 115 Å². The van der Waals surface area contributed by atoms with E-state index in [0.717, 1.165) is 28.7 Å². The summed E-state index contributed by atoms with van der Waals surface area (Å²) in [6.07, 6.45) is 3.48. The van der Waals surface area contributed by atoms with Gasteiger partial charge in [0.05, 0.1) is 41.2 Å². The van der Waals surface area contributed by atoms with Crippen molar-refractivity contribution < 1.29 is 29.0 Å². The number of imide groups is 2. The molecule has 0 bridgehead atoms. The van der Waals surface area contributed by atoms with Crippen molar-refractivity contribution in [1.29, 1.82) is 0 Å². The maximum atomic E-state index is 15.3. The van der Waals surface area contributed by atoms with Crippen molar-refractivity contribution in [3.8, 4) is 5.75 Å². The number of hydrogen-bond donors (Lipinski definition) is 2. The average Bonchev–Trinajstić information content (AvgIpc) is 3.56. The number of fused-ring (bicyclic) bond motifs is 4. The molecule has 6 unspecified atom stereocenters. The molecular weight excluding hydrogens is 654 g/mol. The lowest BCUT2D eigenvalue weighted by Gasteiger charge is -2.50. The Balaban J connectivity index is 1.28. The Bertz CT molecular complexity index is 2060. The highest BCUT2D eigenvalue weighted by atomic mass is 16.5. The Hall–Kier alpha value is -5.54. The number of aryl methyl sites for hydroxylation is 2. The van der Waals surface area contributed by atoms with Crippen LogP contribution < -0.4 is 15.1 Å². The van der Waals surface area contributed by atoms with Gasteiger partial charge in [-0.05, 0) is 85.2 Å². The molecule has 9 nitrogen and oxygen atoms in total. The molecule has 52 heavy (non-hydrogen) atoms. The molecule has 9 heteroatoms. The van der Waals surface area contributed by atoms with Gasteiger partial charge in [0.1, 0.15) is 12.4 Å². The lowest BCUT2D eigenvalue weighted by Crippen LogP contribution is -2.53. The summed E-state index contributed by atoms with van der Waals surface area (Å²) in [4.78, 5) is 60.0. The van der Waals surface area contributed by atoms with E-state index in [4.69, 9.17) is 4.74 Å². The van der Waals surface area contributed by atoms with Gasteiger partial charge in [-0.15, -0.1) is 0 Å². The third kappa shape index (κ3) is 5.17. The van der Waals surface area contributed by atoms with Crippen LogP contribution in [0.5, 0.6) is 5.75 Å². The number of nitrogens with one attached hydrogen (secondary N) is 1. The number of ether oxygens (including phenoxy) is 1. The number of rotatable bonds is 9. The van der Waals surface area contributed by atoms with Gasteiger partial charge in [0.25, 0.3) is 11.8 Å². The first-order valence-electron chi connectivity index (χ1n) is 18.1. The Kier molecular flexibility index (Phi) is 8.54. The summed E-state index contributed by atoms with van der Waals surface area (Å²) in [6, 6.07) is 32.0. The molecule has 4 aromatic carbocycles. The number of nitrogens with zero attached hydrogens (tertiary/aromatic N) is 2. The van der Waals surface area contributed by atoms with E-state index in [1.165, 1.54) is 9.91 Å². The number of aliphatic hydroxyl groups is 1. The molecule has 4 amide bonds. The van der Waals surface area contributed by atoms with Crippen LogP contribution in [-0.4, -0.2) is 47.0 Å². The summed E-state index contributed by atoms with van der Waals surface area (Å²) in [5.41, 5.74) is 7.51. The number of hydrazine groups is 1. The topological polar surface area (TPSA) is 116 Å². The predicted molar refractivity (Wildman–Crippen MR) is 196 cm³/mol. The van der Waals surface area contributed by atoms with E-state index in [-0.39, 0.29) is 43.3 Å². The second-order valence-electron chi connectivity index (χ2n) is 14.3. The first kappa shape index (κ1) is 33.6. The standard InChI is InChI=1S/C43H41N3O6/c1-3-27-11-17-31(18-12-27)45-39(48)34-22-21-33-35(37(34)41(45)50)25-36-40(49)46(44-30-15-9-26(2)10-16-30)42(51)43(36,29-7-5-4-6-8-29)38(33)28-13-19-32(20-14-28)52-24-23-47/h4-21,34-38,44,47H,3,22-25H2,1-2H3. The smallest absolute Gasteiger partial charge is 0.260 e. The maximum Gasteiger partial charge on any atom is 0.260 e. The van der Waals surface area contributed by atoms with Gasteiger partial charge in [-0.3, -0.25) is 29.5 Å². The molecule has 0 aromatic heterocycles. The van der Waals surface area contributed by atoms with Gasteiger partial charge in [0, 0.05) is 5.92 Å². The lowest BCUT2D eigenvalue weighted by atomic mass is 9.49. The molecule has 2 heterocycles. The molecule has 4 aromatic rings. The molecular formula is C43H41N3O6. The van der Waals surface area contributed by atoms with Crippen LogP contribution in [0.3, 0.4) is 0 Å². The minimum Gasteiger partial charge on any atom is -0.491 e. The molecule has 2 N–H and O–H groups in total. The van der Waals surface area contributed by atoms with E-state index in [9.17, 15) is 19.5 Å². The molecule has 0 radical (unpaired) electrons. The number of benzene rings is 4. The van der Waals surface area contributed by atoms with E-state index in [2.05, 4.69) is 18.4 Å². The number of allylic oxidation sites excluding steroid dienone is 2. The van der Waals surface area contributed by atoms with Crippen LogP contribution in [-0.2, 0) is 31.0 Å². The van der Waals surface area contributed by atoms with Crippen LogP contribution in [0.2, 0.25) is 0 Å². The Morgan fingerprint density at radius 3 is 2.21 bits per heavy atom. The summed E-state index contributed by atoms with van der Waals surface area (Å²) < 4.78 is 5.69. The second kappa shape index (κ2) is 13.2. The van der Waals surface area contributed by atoms with Gasteiger partial charge >= 0.3 is 0 Å². The summed E-state index contributed by atoms with van der Waals surface area (Å²) in [6.45, 7) is 4.03. The summed E-state index contributed by atoms with van der Waals surface area (Å²) in [7, 11) is 0. The summed E-state index contributed by atoms with van der Waals surface area (Å²) in [5.74, 6) is -3.84. The molecule has 4 aliphatic rings. The fourth-order valence-electron chi connectivity index (χ4n) is 9.18. The first-order chi connectivity index (χ1) is 25.3.